The Hall–Kier alpha value is -1.74. The third-order valence-corrected chi connectivity index (χ3v) is 4.28. The Morgan fingerprint density at radius 2 is 1.94 bits per heavy atom. The van der Waals surface area contributed by atoms with Gasteiger partial charge in [0.2, 0.25) is 0 Å². The highest BCUT2D eigenvalue weighted by Crippen LogP contribution is 2.41. The lowest BCUT2D eigenvalue weighted by atomic mass is 10.0. The smallest absolute Gasteiger partial charge is 0.168 e. The van der Waals surface area contributed by atoms with Gasteiger partial charge in [0.15, 0.2) is 5.78 Å². The number of carbonyl (C=O) groups is 1. The average molecular weight is 256 g/mol. The highest BCUT2D eigenvalue weighted by molar-refractivity contribution is 7.99. The van der Waals surface area contributed by atoms with Crippen molar-refractivity contribution in [3.05, 3.63) is 53.6 Å². The summed E-state index contributed by atoms with van der Waals surface area (Å²) in [5.41, 5.74) is 1.85. The molecule has 0 saturated heterocycles. The molecule has 3 rings (SSSR count). The number of rotatable bonds is 1. The van der Waals surface area contributed by atoms with Crippen LogP contribution in [0.1, 0.15) is 15.9 Å². The molecule has 0 saturated carbocycles. The second-order valence-corrected chi connectivity index (χ2v) is 5.20. The first kappa shape index (κ1) is 11.4. The van der Waals surface area contributed by atoms with E-state index in [1.165, 1.54) is 0 Å². The number of fused-ring (bicyclic) bond motifs is 2. The van der Waals surface area contributed by atoms with E-state index < -0.39 is 0 Å². The van der Waals surface area contributed by atoms with E-state index in [4.69, 9.17) is 4.74 Å². The molecule has 2 aromatic rings. The summed E-state index contributed by atoms with van der Waals surface area (Å²) in [5, 5.41) is 0. The van der Waals surface area contributed by atoms with Crippen LogP contribution in [0, 0.1) is 0 Å². The van der Waals surface area contributed by atoms with Crippen molar-refractivity contribution in [2.24, 2.45) is 0 Å². The van der Waals surface area contributed by atoms with Crippen molar-refractivity contribution in [1.29, 1.82) is 0 Å². The minimum absolute atomic E-state index is 0.154. The first-order chi connectivity index (χ1) is 8.79. The van der Waals surface area contributed by atoms with Crippen molar-refractivity contribution in [3.8, 4) is 5.75 Å². The molecule has 1 aliphatic heterocycles. The number of ether oxygens (including phenoxy) is 1. The van der Waals surface area contributed by atoms with Crippen LogP contribution in [-0.4, -0.2) is 12.9 Å². The largest absolute Gasteiger partial charge is 0.496 e. The maximum atomic E-state index is 12.3. The summed E-state index contributed by atoms with van der Waals surface area (Å²) < 4.78 is 5.36. The Kier molecular flexibility index (Phi) is 2.84. The third-order valence-electron chi connectivity index (χ3n) is 3.03. The van der Waals surface area contributed by atoms with Crippen molar-refractivity contribution in [3.63, 3.8) is 0 Å². The molecule has 0 fully saturated rings. The number of hydrogen-bond acceptors (Lipinski definition) is 3. The van der Waals surface area contributed by atoms with Crippen molar-refractivity contribution >= 4 is 17.5 Å². The third kappa shape index (κ3) is 1.81. The highest BCUT2D eigenvalue weighted by Gasteiger charge is 2.22. The molecule has 3 heteroatoms. The van der Waals surface area contributed by atoms with Gasteiger partial charge in [0, 0.05) is 16.9 Å². The van der Waals surface area contributed by atoms with Crippen LogP contribution in [0.2, 0.25) is 0 Å². The van der Waals surface area contributed by atoms with Gasteiger partial charge in [0.05, 0.1) is 12.0 Å². The summed E-state index contributed by atoms with van der Waals surface area (Å²) in [6.45, 7) is 0. The maximum Gasteiger partial charge on any atom is 0.168 e. The van der Waals surface area contributed by atoms with Crippen LogP contribution in [0.4, 0.5) is 0 Å². The van der Waals surface area contributed by atoms with Gasteiger partial charge in [0.1, 0.15) is 5.75 Å². The Morgan fingerprint density at radius 1 is 1.11 bits per heavy atom. The fraction of sp³-hybridized carbons (Fsp3) is 0.133. The van der Waals surface area contributed by atoms with Gasteiger partial charge in [0.25, 0.3) is 0 Å². The zero-order chi connectivity index (χ0) is 12.5. The SMILES string of the molecule is COc1cccc2c1Sc1ccccc1CC2=O. The summed E-state index contributed by atoms with van der Waals surface area (Å²) >= 11 is 1.61. The number of hydrogen-bond donors (Lipinski definition) is 0. The first-order valence-corrected chi connectivity index (χ1v) is 6.57. The molecule has 0 bridgehead atoms. The van der Waals surface area contributed by atoms with E-state index in [0.717, 1.165) is 26.7 Å². The number of methoxy groups -OCH3 is 1. The molecule has 90 valence electrons. The standard InChI is InChI=1S/C15H12O2S/c1-17-13-7-4-6-11-12(16)9-10-5-2-3-8-14(10)18-15(11)13/h2-8H,9H2,1H3. The normalized spacial score (nSPS) is 13.5. The monoisotopic (exact) mass is 256 g/mol. The van der Waals surface area contributed by atoms with Crippen LogP contribution in [0.5, 0.6) is 5.75 Å². The number of Topliss-reactive ketones (excluding diaryl/α,β-unsaturated/α-hetero) is 1. The number of carbonyl (C=O) groups excluding carboxylic acids is 1. The first-order valence-electron chi connectivity index (χ1n) is 5.75. The predicted octanol–water partition coefficient (Wildman–Crippen LogP) is 3.59. The van der Waals surface area contributed by atoms with E-state index in [1.807, 2.05) is 36.4 Å². The van der Waals surface area contributed by atoms with Gasteiger partial charge in [-0.25, -0.2) is 0 Å². The van der Waals surface area contributed by atoms with Crippen LogP contribution >= 0.6 is 11.8 Å². The summed E-state index contributed by atoms with van der Waals surface area (Å²) in [4.78, 5) is 14.3. The lowest BCUT2D eigenvalue weighted by molar-refractivity contribution is 0.0989. The fourth-order valence-electron chi connectivity index (χ4n) is 2.13. The fourth-order valence-corrected chi connectivity index (χ4v) is 3.31. The molecule has 0 atom stereocenters. The summed E-state index contributed by atoms with van der Waals surface area (Å²) in [7, 11) is 1.64. The molecule has 0 unspecified atom stereocenters. The molecule has 0 N–H and O–H groups in total. The molecular weight excluding hydrogens is 244 g/mol. The lowest BCUT2D eigenvalue weighted by Gasteiger charge is -2.09. The van der Waals surface area contributed by atoms with Crippen LogP contribution in [0.15, 0.2) is 52.3 Å². The highest BCUT2D eigenvalue weighted by atomic mass is 32.2. The molecule has 18 heavy (non-hydrogen) atoms. The van der Waals surface area contributed by atoms with Crippen LogP contribution in [-0.2, 0) is 6.42 Å². The number of ketones is 1. The van der Waals surface area contributed by atoms with E-state index in [1.54, 1.807) is 18.9 Å². The minimum Gasteiger partial charge on any atom is -0.496 e. The average Bonchev–Trinajstić information content (AvgIpc) is 2.54. The summed E-state index contributed by atoms with van der Waals surface area (Å²) in [6, 6.07) is 13.7. The Balaban J connectivity index is 2.20. The van der Waals surface area contributed by atoms with E-state index >= 15 is 0 Å². The molecule has 0 spiro atoms. The Bertz CT molecular complexity index is 620. The second-order valence-electron chi connectivity index (χ2n) is 4.15. The van der Waals surface area contributed by atoms with Gasteiger partial charge in [-0.3, -0.25) is 4.79 Å². The zero-order valence-corrected chi connectivity index (χ0v) is 10.8. The van der Waals surface area contributed by atoms with Gasteiger partial charge >= 0.3 is 0 Å². The zero-order valence-electron chi connectivity index (χ0n) is 9.97. The maximum absolute atomic E-state index is 12.3. The molecule has 2 nitrogen and oxygen atoms in total. The summed E-state index contributed by atoms with van der Waals surface area (Å²) in [6.07, 6.45) is 0.462. The quantitative estimate of drug-likeness (QED) is 0.780. The van der Waals surface area contributed by atoms with Gasteiger partial charge in [-0.15, -0.1) is 0 Å². The van der Waals surface area contributed by atoms with E-state index in [2.05, 4.69) is 6.07 Å². The Labute approximate surface area is 110 Å². The molecule has 2 aromatic carbocycles. The van der Waals surface area contributed by atoms with Crippen molar-refractivity contribution < 1.29 is 9.53 Å². The van der Waals surface area contributed by atoms with E-state index in [9.17, 15) is 4.79 Å². The van der Waals surface area contributed by atoms with Crippen LogP contribution in [0.25, 0.3) is 0 Å². The molecule has 0 amide bonds. The molecule has 1 heterocycles. The van der Waals surface area contributed by atoms with Gasteiger partial charge in [-0.1, -0.05) is 36.0 Å². The predicted molar refractivity (Wildman–Crippen MR) is 71.6 cm³/mol. The van der Waals surface area contributed by atoms with Gasteiger partial charge in [-0.05, 0) is 23.8 Å². The molecule has 1 aliphatic rings. The molecule has 0 radical (unpaired) electrons. The molecule has 0 aliphatic carbocycles. The van der Waals surface area contributed by atoms with Gasteiger partial charge in [-0.2, -0.15) is 0 Å². The van der Waals surface area contributed by atoms with Crippen molar-refractivity contribution in [2.45, 2.75) is 16.2 Å². The topological polar surface area (TPSA) is 26.3 Å². The minimum atomic E-state index is 0.154. The lowest BCUT2D eigenvalue weighted by Crippen LogP contribution is -2.03. The molecule has 0 aromatic heterocycles. The number of benzene rings is 2. The van der Waals surface area contributed by atoms with Crippen LogP contribution < -0.4 is 4.74 Å². The summed E-state index contributed by atoms with van der Waals surface area (Å²) in [5.74, 6) is 0.920. The Morgan fingerprint density at radius 3 is 2.78 bits per heavy atom. The van der Waals surface area contributed by atoms with Crippen LogP contribution in [0.3, 0.4) is 0 Å². The molecular formula is C15H12O2S. The van der Waals surface area contributed by atoms with Gasteiger partial charge < -0.3 is 4.74 Å². The van der Waals surface area contributed by atoms with E-state index in [-0.39, 0.29) is 5.78 Å². The van der Waals surface area contributed by atoms with E-state index in [0.29, 0.717) is 6.42 Å². The second kappa shape index (κ2) is 4.50. The van der Waals surface area contributed by atoms with Crippen molar-refractivity contribution in [1.82, 2.24) is 0 Å². The van der Waals surface area contributed by atoms with Crippen molar-refractivity contribution in [2.75, 3.05) is 7.11 Å².